The van der Waals surface area contributed by atoms with Gasteiger partial charge in [0.25, 0.3) is 0 Å². The van der Waals surface area contributed by atoms with Crippen LogP contribution in [0.5, 0.6) is 0 Å². The summed E-state index contributed by atoms with van der Waals surface area (Å²) in [7, 11) is 1.38. The Labute approximate surface area is 118 Å². The van der Waals surface area contributed by atoms with E-state index in [1.165, 1.54) is 7.11 Å². The number of benzene rings is 1. The molecule has 1 aromatic heterocycles. The normalized spacial score (nSPS) is 10.6. The van der Waals surface area contributed by atoms with Gasteiger partial charge in [-0.2, -0.15) is 5.10 Å². The molecule has 0 bridgehead atoms. The summed E-state index contributed by atoms with van der Waals surface area (Å²) in [6.07, 6.45) is 0.206. The number of carbonyl (C=O) groups is 1. The van der Waals surface area contributed by atoms with E-state index in [0.29, 0.717) is 6.54 Å². The molecule has 0 radical (unpaired) electrons. The summed E-state index contributed by atoms with van der Waals surface area (Å²) in [6, 6.07) is 7.70. The number of carbonyl (C=O) groups excluding carboxylic acids is 1. The topological polar surface area (TPSA) is 70.1 Å². The SMILES string of the molecule is COC(=O)Cc1nn(Cc2ccc(N)cc2)c(C)c1C. The van der Waals surface area contributed by atoms with E-state index in [0.717, 1.165) is 28.2 Å². The number of methoxy groups -OCH3 is 1. The van der Waals surface area contributed by atoms with Crippen molar-refractivity contribution in [3.8, 4) is 0 Å². The first-order chi connectivity index (χ1) is 9.51. The number of ether oxygens (including phenoxy) is 1. The first-order valence-electron chi connectivity index (χ1n) is 6.45. The van der Waals surface area contributed by atoms with Crippen LogP contribution in [0.3, 0.4) is 0 Å². The number of nitrogen functional groups attached to an aromatic ring is 1. The number of rotatable bonds is 4. The van der Waals surface area contributed by atoms with Gasteiger partial charge in [-0.15, -0.1) is 0 Å². The van der Waals surface area contributed by atoms with E-state index in [9.17, 15) is 4.79 Å². The maximum Gasteiger partial charge on any atom is 0.311 e. The van der Waals surface area contributed by atoms with E-state index in [4.69, 9.17) is 5.73 Å². The minimum absolute atomic E-state index is 0.206. The van der Waals surface area contributed by atoms with Crippen molar-refractivity contribution in [3.63, 3.8) is 0 Å². The molecule has 0 aliphatic rings. The molecule has 0 aliphatic heterocycles. The van der Waals surface area contributed by atoms with Gasteiger partial charge in [-0.3, -0.25) is 9.48 Å². The molecule has 5 nitrogen and oxygen atoms in total. The molecule has 0 spiro atoms. The second kappa shape index (κ2) is 5.77. The van der Waals surface area contributed by atoms with Crippen LogP contribution in [0.2, 0.25) is 0 Å². The molecule has 0 saturated carbocycles. The summed E-state index contributed by atoms with van der Waals surface area (Å²) in [6.45, 7) is 4.63. The van der Waals surface area contributed by atoms with Crippen LogP contribution >= 0.6 is 0 Å². The van der Waals surface area contributed by atoms with Crippen LogP contribution in [-0.2, 0) is 22.5 Å². The van der Waals surface area contributed by atoms with Gasteiger partial charge in [-0.05, 0) is 37.1 Å². The Morgan fingerprint density at radius 1 is 1.30 bits per heavy atom. The minimum Gasteiger partial charge on any atom is -0.469 e. The molecule has 2 rings (SSSR count). The number of hydrogen-bond donors (Lipinski definition) is 1. The highest BCUT2D eigenvalue weighted by Crippen LogP contribution is 2.15. The molecule has 0 amide bonds. The highest BCUT2D eigenvalue weighted by molar-refractivity contribution is 5.72. The van der Waals surface area contributed by atoms with Crippen LogP contribution in [0.15, 0.2) is 24.3 Å². The number of anilines is 1. The molecule has 0 saturated heterocycles. The number of esters is 1. The zero-order chi connectivity index (χ0) is 14.7. The van der Waals surface area contributed by atoms with Crippen molar-refractivity contribution in [1.29, 1.82) is 0 Å². The predicted molar refractivity (Wildman–Crippen MR) is 77.4 cm³/mol. The van der Waals surface area contributed by atoms with E-state index < -0.39 is 0 Å². The number of nitrogens with two attached hydrogens (primary N) is 1. The van der Waals surface area contributed by atoms with Crippen molar-refractivity contribution < 1.29 is 9.53 Å². The second-order valence-electron chi connectivity index (χ2n) is 4.81. The molecule has 2 aromatic rings. The molecule has 0 aliphatic carbocycles. The fourth-order valence-corrected chi connectivity index (χ4v) is 2.02. The molecule has 0 unspecified atom stereocenters. The quantitative estimate of drug-likeness (QED) is 0.681. The summed E-state index contributed by atoms with van der Waals surface area (Å²) in [4.78, 5) is 11.4. The zero-order valence-corrected chi connectivity index (χ0v) is 12.0. The Bertz CT molecular complexity index is 615. The Morgan fingerprint density at radius 3 is 2.55 bits per heavy atom. The summed E-state index contributed by atoms with van der Waals surface area (Å²) in [5.41, 5.74) is 10.4. The molecule has 2 N–H and O–H groups in total. The fourth-order valence-electron chi connectivity index (χ4n) is 2.02. The lowest BCUT2D eigenvalue weighted by atomic mass is 10.1. The lowest BCUT2D eigenvalue weighted by Gasteiger charge is -2.05. The van der Waals surface area contributed by atoms with Crippen molar-refractivity contribution >= 4 is 11.7 Å². The highest BCUT2D eigenvalue weighted by atomic mass is 16.5. The molecule has 20 heavy (non-hydrogen) atoms. The number of nitrogens with zero attached hydrogens (tertiary/aromatic N) is 2. The molecule has 1 aromatic carbocycles. The summed E-state index contributed by atoms with van der Waals surface area (Å²) in [5.74, 6) is -0.273. The highest BCUT2D eigenvalue weighted by Gasteiger charge is 2.14. The first kappa shape index (κ1) is 14.1. The van der Waals surface area contributed by atoms with Gasteiger partial charge in [-0.1, -0.05) is 12.1 Å². The molecule has 5 heteroatoms. The number of aromatic nitrogens is 2. The lowest BCUT2D eigenvalue weighted by molar-refractivity contribution is -0.139. The van der Waals surface area contributed by atoms with E-state index in [1.54, 1.807) is 0 Å². The van der Waals surface area contributed by atoms with Gasteiger partial charge in [0.2, 0.25) is 0 Å². The minimum atomic E-state index is -0.273. The van der Waals surface area contributed by atoms with Gasteiger partial charge < -0.3 is 10.5 Å². The lowest BCUT2D eigenvalue weighted by Crippen LogP contribution is -2.07. The van der Waals surface area contributed by atoms with Crippen LogP contribution in [0.1, 0.15) is 22.5 Å². The predicted octanol–water partition coefficient (Wildman–Crippen LogP) is 1.85. The van der Waals surface area contributed by atoms with Crippen molar-refractivity contribution in [2.45, 2.75) is 26.8 Å². The van der Waals surface area contributed by atoms with E-state index in [-0.39, 0.29) is 12.4 Å². The maximum atomic E-state index is 11.4. The summed E-state index contributed by atoms with van der Waals surface area (Å²) in [5, 5.41) is 4.50. The molecule has 0 fully saturated rings. The van der Waals surface area contributed by atoms with Gasteiger partial charge >= 0.3 is 5.97 Å². The van der Waals surface area contributed by atoms with Crippen LogP contribution in [0.25, 0.3) is 0 Å². The molecular weight excluding hydrogens is 254 g/mol. The van der Waals surface area contributed by atoms with Crippen LogP contribution in [0.4, 0.5) is 5.69 Å². The third-order valence-electron chi connectivity index (χ3n) is 3.46. The smallest absolute Gasteiger partial charge is 0.311 e. The monoisotopic (exact) mass is 273 g/mol. The Morgan fingerprint density at radius 2 is 1.95 bits per heavy atom. The molecular formula is C15H19N3O2. The Balaban J connectivity index is 2.22. The third-order valence-corrected chi connectivity index (χ3v) is 3.46. The van der Waals surface area contributed by atoms with Gasteiger partial charge in [0.15, 0.2) is 0 Å². The van der Waals surface area contributed by atoms with E-state index in [2.05, 4.69) is 9.84 Å². The standard InChI is InChI=1S/C15H19N3O2/c1-10-11(2)18(17-14(10)8-15(19)20-3)9-12-4-6-13(16)7-5-12/h4-7H,8-9,16H2,1-3H3. The van der Waals surface area contributed by atoms with Crippen molar-refractivity contribution in [3.05, 3.63) is 46.8 Å². The molecule has 0 atom stereocenters. The number of hydrogen-bond acceptors (Lipinski definition) is 4. The summed E-state index contributed by atoms with van der Waals surface area (Å²) >= 11 is 0. The first-order valence-corrected chi connectivity index (χ1v) is 6.45. The Kier molecular flexibility index (Phi) is 4.08. The molecule has 106 valence electrons. The van der Waals surface area contributed by atoms with E-state index >= 15 is 0 Å². The van der Waals surface area contributed by atoms with Crippen LogP contribution < -0.4 is 5.73 Å². The summed E-state index contributed by atoms with van der Waals surface area (Å²) < 4.78 is 6.59. The third kappa shape index (κ3) is 2.99. The van der Waals surface area contributed by atoms with Crippen LogP contribution in [0, 0.1) is 13.8 Å². The largest absolute Gasteiger partial charge is 0.469 e. The van der Waals surface area contributed by atoms with Gasteiger partial charge in [0, 0.05) is 11.4 Å². The van der Waals surface area contributed by atoms with Crippen molar-refractivity contribution in [2.75, 3.05) is 12.8 Å². The molecule has 1 heterocycles. The van der Waals surface area contributed by atoms with E-state index in [1.807, 2.05) is 42.8 Å². The van der Waals surface area contributed by atoms with Crippen molar-refractivity contribution in [2.24, 2.45) is 0 Å². The second-order valence-corrected chi connectivity index (χ2v) is 4.81. The average molecular weight is 273 g/mol. The Hall–Kier alpha value is -2.30. The average Bonchev–Trinajstić information content (AvgIpc) is 2.69. The zero-order valence-electron chi connectivity index (χ0n) is 12.0. The van der Waals surface area contributed by atoms with Gasteiger partial charge in [0.05, 0.1) is 25.8 Å². The fraction of sp³-hybridized carbons (Fsp3) is 0.333. The van der Waals surface area contributed by atoms with Crippen molar-refractivity contribution in [1.82, 2.24) is 9.78 Å². The van der Waals surface area contributed by atoms with Crippen LogP contribution in [-0.4, -0.2) is 22.9 Å². The maximum absolute atomic E-state index is 11.4. The van der Waals surface area contributed by atoms with Gasteiger partial charge in [-0.25, -0.2) is 0 Å². The van der Waals surface area contributed by atoms with Gasteiger partial charge in [0.1, 0.15) is 0 Å².